The highest BCUT2D eigenvalue weighted by Crippen LogP contribution is 2.43. The van der Waals surface area contributed by atoms with Gasteiger partial charge < -0.3 is 4.74 Å². The number of nitrogens with zero attached hydrogens (tertiary/aromatic N) is 1. The van der Waals surface area contributed by atoms with Gasteiger partial charge in [-0.3, -0.25) is 0 Å². The summed E-state index contributed by atoms with van der Waals surface area (Å²) < 4.78 is 5.75. The van der Waals surface area contributed by atoms with Crippen LogP contribution in [0.25, 0.3) is 0 Å². The van der Waals surface area contributed by atoms with Gasteiger partial charge >= 0.3 is 0 Å². The molecule has 1 heterocycles. The number of aryl methyl sites for hydroxylation is 2. The van der Waals surface area contributed by atoms with Crippen LogP contribution in [-0.2, 0) is 0 Å². The Balaban J connectivity index is 1.93. The second-order valence-corrected chi connectivity index (χ2v) is 10.2. The molecule has 0 N–H and O–H groups in total. The van der Waals surface area contributed by atoms with Gasteiger partial charge in [-0.25, -0.2) is 4.99 Å². The standard InChI is InChI=1S/C23H27NOS2/c1-16-7-6-8-19(13-16)26-15-18-11-12-23(3,4)27-22(18)24-20-10-9-17(2)14-21(20)25-5/h6-10,13-15H,11-12H2,1-5H3. The van der Waals surface area contributed by atoms with Crippen LogP contribution < -0.4 is 4.74 Å². The third kappa shape index (κ3) is 5.43. The second kappa shape index (κ2) is 8.57. The predicted molar refractivity (Wildman–Crippen MR) is 121 cm³/mol. The summed E-state index contributed by atoms with van der Waals surface area (Å²) in [5.74, 6) is 0.831. The zero-order valence-electron chi connectivity index (χ0n) is 16.7. The van der Waals surface area contributed by atoms with Crippen LogP contribution in [0.15, 0.2) is 63.3 Å². The molecule has 1 aliphatic rings. The Bertz CT molecular complexity index is 884. The molecule has 1 aliphatic heterocycles. The lowest BCUT2D eigenvalue weighted by Crippen LogP contribution is -2.24. The largest absolute Gasteiger partial charge is 0.494 e. The number of hydrogen-bond acceptors (Lipinski definition) is 4. The molecule has 2 aromatic rings. The number of thioether (sulfide) groups is 2. The third-order valence-electron chi connectivity index (χ3n) is 4.53. The molecule has 0 saturated carbocycles. The van der Waals surface area contributed by atoms with Crippen LogP contribution in [0, 0.1) is 13.8 Å². The van der Waals surface area contributed by atoms with Crippen molar-refractivity contribution in [2.75, 3.05) is 7.11 Å². The molecular formula is C23H27NOS2. The molecule has 142 valence electrons. The number of methoxy groups -OCH3 is 1. The Morgan fingerprint density at radius 2 is 1.89 bits per heavy atom. The molecule has 27 heavy (non-hydrogen) atoms. The van der Waals surface area contributed by atoms with Crippen molar-refractivity contribution in [3.05, 3.63) is 64.6 Å². The van der Waals surface area contributed by atoms with Gasteiger partial charge in [0, 0.05) is 9.64 Å². The van der Waals surface area contributed by atoms with Crippen molar-refractivity contribution >= 4 is 34.3 Å². The maximum Gasteiger partial charge on any atom is 0.144 e. The van der Waals surface area contributed by atoms with Crippen LogP contribution in [0.2, 0.25) is 0 Å². The van der Waals surface area contributed by atoms with Crippen LogP contribution >= 0.6 is 23.5 Å². The second-order valence-electron chi connectivity index (χ2n) is 7.53. The van der Waals surface area contributed by atoms with Crippen LogP contribution in [0.1, 0.15) is 37.8 Å². The number of rotatable bonds is 4. The molecule has 0 radical (unpaired) electrons. The fraction of sp³-hybridized carbons (Fsp3) is 0.348. The van der Waals surface area contributed by atoms with Crippen molar-refractivity contribution in [2.45, 2.75) is 50.2 Å². The van der Waals surface area contributed by atoms with Crippen molar-refractivity contribution in [3.8, 4) is 5.75 Å². The summed E-state index contributed by atoms with van der Waals surface area (Å²) in [4.78, 5) is 6.28. The quantitative estimate of drug-likeness (QED) is 0.504. The fourth-order valence-electron chi connectivity index (χ4n) is 2.94. The first-order chi connectivity index (χ1) is 12.9. The highest BCUT2D eigenvalue weighted by atomic mass is 32.2. The van der Waals surface area contributed by atoms with E-state index in [9.17, 15) is 0 Å². The van der Waals surface area contributed by atoms with Gasteiger partial charge in [-0.15, -0.1) is 0 Å². The van der Waals surface area contributed by atoms with E-state index < -0.39 is 0 Å². The van der Waals surface area contributed by atoms with E-state index in [1.165, 1.54) is 21.6 Å². The Labute approximate surface area is 171 Å². The molecule has 0 atom stereocenters. The molecular weight excluding hydrogens is 370 g/mol. The molecule has 1 fully saturated rings. The Morgan fingerprint density at radius 3 is 2.63 bits per heavy atom. The molecule has 0 unspecified atom stereocenters. The van der Waals surface area contributed by atoms with E-state index >= 15 is 0 Å². The molecule has 0 bridgehead atoms. The first kappa shape index (κ1) is 20.1. The van der Waals surface area contributed by atoms with Gasteiger partial charge in [-0.1, -0.05) is 61.1 Å². The van der Waals surface area contributed by atoms with Gasteiger partial charge in [0.05, 0.1) is 7.11 Å². The minimum atomic E-state index is 0.197. The lowest BCUT2D eigenvalue weighted by Gasteiger charge is -2.31. The summed E-state index contributed by atoms with van der Waals surface area (Å²) in [5.41, 5.74) is 4.68. The highest BCUT2D eigenvalue weighted by molar-refractivity contribution is 8.15. The molecule has 2 nitrogen and oxygen atoms in total. The van der Waals surface area contributed by atoms with Gasteiger partial charge in [0.15, 0.2) is 0 Å². The topological polar surface area (TPSA) is 21.6 Å². The van der Waals surface area contributed by atoms with Crippen LogP contribution in [0.5, 0.6) is 5.75 Å². The molecule has 0 amide bonds. The van der Waals surface area contributed by atoms with E-state index in [1.807, 2.05) is 17.8 Å². The average Bonchev–Trinajstić information content (AvgIpc) is 2.62. The van der Waals surface area contributed by atoms with Gasteiger partial charge in [-0.2, -0.15) is 0 Å². The van der Waals surface area contributed by atoms with Gasteiger partial charge in [0.1, 0.15) is 16.5 Å². The first-order valence-electron chi connectivity index (χ1n) is 9.21. The summed E-state index contributed by atoms with van der Waals surface area (Å²) in [5, 5.41) is 3.38. The number of hydrogen-bond donors (Lipinski definition) is 0. The Kier molecular flexibility index (Phi) is 6.38. The predicted octanol–water partition coefficient (Wildman–Crippen LogP) is 7.32. The summed E-state index contributed by atoms with van der Waals surface area (Å²) in [6.07, 6.45) is 2.20. The molecule has 0 spiro atoms. The van der Waals surface area contributed by atoms with Crippen molar-refractivity contribution in [1.29, 1.82) is 0 Å². The van der Waals surface area contributed by atoms with Gasteiger partial charge in [-0.05, 0) is 67.5 Å². The van der Waals surface area contributed by atoms with Crippen LogP contribution in [0.4, 0.5) is 5.69 Å². The monoisotopic (exact) mass is 397 g/mol. The molecule has 2 aromatic carbocycles. The first-order valence-corrected chi connectivity index (χ1v) is 10.9. The average molecular weight is 398 g/mol. The van der Waals surface area contributed by atoms with E-state index in [0.717, 1.165) is 29.3 Å². The summed E-state index contributed by atoms with van der Waals surface area (Å²) >= 11 is 3.65. The van der Waals surface area contributed by atoms with Gasteiger partial charge in [0.2, 0.25) is 0 Å². The van der Waals surface area contributed by atoms with E-state index in [4.69, 9.17) is 9.73 Å². The maximum atomic E-state index is 5.56. The lowest BCUT2D eigenvalue weighted by atomic mass is 10.0. The molecule has 3 rings (SSSR count). The lowest BCUT2D eigenvalue weighted by molar-refractivity contribution is 0.416. The fourth-order valence-corrected chi connectivity index (χ4v) is 5.10. The summed E-state index contributed by atoms with van der Waals surface area (Å²) in [7, 11) is 1.71. The number of benzene rings is 2. The minimum Gasteiger partial charge on any atom is -0.494 e. The Morgan fingerprint density at radius 1 is 1.11 bits per heavy atom. The number of ether oxygens (including phenoxy) is 1. The third-order valence-corrected chi connectivity index (χ3v) is 6.76. The maximum absolute atomic E-state index is 5.56. The van der Waals surface area contributed by atoms with E-state index in [-0.39, 0.29) is 4.75 Å². The zero-order chi connectivity index (χ0) is 19.4. The molecule has 4 heteroatoms. The SMILES string of the molecule is COc1cc(C)ccc1N=C1SC(C)(C)CCC1=CSc1cccc(C)c1. The Hall–Kier alpha value is -1.65. The van der Waals surface area contributed by atoms with Crippen molar-refractivity contribution < 1.29 is 4.74 Å². The minimum absolute atomic E-state index is 0.197. The van der Waals surface area contributed by atoms with Crippen LogP contribution in [0.3, 0.4) is 0 Å². The zero-order valence-corrected chi connectivity index (χ0v) is 18.3. The molecule has 0 aromatic heterocycles. The van der Waals surface area contributed by atoms with E-state index in [1.54, 1.807) is 18.9 Å². The highest BCUT2D eigenvalue weighted by Gasteiger charge is 2.29. The van der Waals surface area contributed by atoms with E-state index in [2.05, 4.69) is 69.5 Å². The summed E-state index contributed by atoms with van der Waals surface area (Å²) in [6.45, 7) is 8.79. The summed E-state index contributed by atoms with van der Waals surface area (Å²) in [6, 6.07) is 14.8. The number of aliphatic imine (C=N–C) groups is 1. The smallest absolute Gasteiger partial charge is 0.144 e. The van der Waals surface area contributed by atoms with E-state index in [0.29, 0.717) is 0 Å². The van der Waals surface area contributed by atoms with Crippen molar-refractivity contribution in [3.63, 3.8) is 0 Å². The molecule has 0 aliphatic carbocycles. The van der Waals surface area contributed by atoms with Crippen molar-refractivity contribution in [2.24, 2.45) is 4.99 Å². The van der Waals surface area contributed by atoms with Crippen molar-refractivity contribution in [1.82, 2.24) is 0 Å². The molecule has 1 saturated heterocycles. The van der Waals surface area contributed by atoms with Gasteiger partial charge in [0.25, 0.3) is 0 Å². The normalized spacial score (nSPS) is 19.4. The van der Waals surface area contributed by atoms with Crippen LogP contribution in [-0.4, -0.2) is 16.9 Å².